The molecule has 0 unspecified atom stereocenters. The molecule has 1 saturated carbocycles. The molecule has 2 aromatic rings. The number of methoxy groups -OCH3 is 3. The zero-order valence-corrected chi connectivity index (χ0v) is 16.7. The zero-order valence-electron chi connectivity index (χ0n) is 16.7. The van der Waals surface area contributed by atoms with Gasteiger partial charge in [0, 0.05) is 29.9 Å². The van der Waals surface area contributed by atoms with Crippen molar-refractivity contribution in [1.29, 1.82) is 0 Å². The summed E-state index contributed by atoms with van der Waals surface area (Å²) < 4.78 is 33.8. The molecule has 1 fully saturated rings. The molecule has 29 heavy (non-hydrogen) atoms. The normalized spacial score (nSPS) is 26.3. The van der Waals surface area contributed by atoms with Crippen LogP contribution in [0.4, 0.5) is 0 Å². The van der Waals surface area contributed by atoms with E-state index < -0.39 is 5.79 Å². The molecule has 3 aliphatic rings. The topological polar surface area (TPSA) is 75.6 Å². The minimum atomic E-state index is -1.22. The average molecular weight is 400 g/mol. The minimum Gasteiger partial charge on any atom is -0.493 e. The first-order valence-corrected chi connectivity index (χ1v) is 9.73. The van der Waals surface area contributed by atoms with E-state index in [1.807, 2.05) is 24.3 Å². The Morgan fingerprint density at radius 3 is 2.28 bits per heavy atom. The first kappa shape index (κ1) is 18.2. The fraction of sp³-hybridized carbons (Fsp3) is 0.455. The molecule has 154 valence electrons. The van der Waals surface area contributed by atoms with Crippen LogP contribution in [0, 0.1) is 5.92 Å². The fourth-order valence-corrected chi connectivity index (χ4v) is 4.91. The van der Waals surface area contributed by atoms with Crippen LogP contribution in [-0.4, -0.2) is 39.0 Å². The molecule has 2 aromatic carbocycles. The summed E-state index contributed by atoms with van der Waals surface area (Å²) in [6, 6.07) is 7.67. The highest BCUT2D eigenvalue weighted by molar-refractivity contribution is 5.60. The molecular weight excluding hydrogens is 376 g/mol. The molecule has 0 bridgehead atoms. The molecule has 1 aliphatic carbocycles. The third kappa shape index (κ3) is 2.68. The SMILES string of the molecule is COc1cc([C@H]2c3cc4c(cc3O[C@@]3(O)CCC[C@H]23)OCO4)cc(OC)c1OC. The molecule has 0 saturated heterocycles. The van der Waals surface area contributed by atoms with Crippen LogP contribution in [0.2, 0.25) is 0 Å². The van der Waals surface area contributed by atoms with Gasteiger partial charge in [-0.05, 0) is 36.6 Å². The number of benzene rings is 2. The van der Waals surface area contributed by atoms with Gasteiger partial charge in [-0.25, -0.2) is 0 Å². The Morgan fingerprint density at radius 2 is 1.62 bits per heavy atom. The third-order valence-electron chi connectivity index (χ3n) is 6.20. The van der Waals surface area contributed by atoms with Crippen LogP contribution in [-0.2, 0) is 0 Å². The van der Waals surface area contributed by atoms with Gasteiger partial charge >= 0.3 is 0 Å². The lowest BCUT2D eigenvalue weighted by molar-refractivity contribution is -0.175. The third-order valence-corrected chi connectivity index (χ3v) is 6.20. The van der Waals surface area contributed by atoms with Crippen LogP contribution in [0.1, 0.15) is 36.3 Å². The van der Waals surface area contributed by atoms with Crippen LogP contribution in [0.15, 0.2) is 24.3 Å². The highest BCUT2D eigenvalue weighted by atomic mass is 16.7. The van der Waals surface area contributed by atoms with Crippen LogP contribution < -0.4 is 28.4 Å². The van der Waals surface area contributed by atoms with Gasteiger partial charge < -0.3 is 33.5 Å². The smallest absolute Gasteiger partial charge is 0.231 e. The molecular formula is C22H24O7. The van der Waals surface area contributed by atoms with Crippen LogP contribution in [0.25, 0.3) is 0 Å². The van der Waals surface area contributed by atoms with Gasteiger partial charge in [0.05, 0.1) is 21.3 Å². The van der Waals surface area contributed by atoms with Gasteiger partial charge in [0.2, 0.25) is 18.3 Å². The fourth-order valence-electron chi connectivity index (χ4n) is 4.91. The second-order valence-electron chi connectivity index (χ2n) is 7.63. The molecule has 7 nitrogen and oxygen atoms in total. The van der Waals surface area contributed by atoms with Crippen molar-refractivity contribution >= 4 is 0 Å². The molecule has 7 heteroatoms. The zero-order chi connectivity index (χ0) is 20.2. The Balaban J connectivity index is 1.71. The van der Waals surface area contributed by atoms with E-state index in [9.17, 15) is 5.11 Å². The second-order valence-corrected chi connectivity index (χ2v) is 7.63. The number of hydrogen-bond acceptors (Lipinski definition) is 7. The van der Waals surface area contributed by atoms with Crippen molar-refractivity contribution in [1.82, 2.24) is 0 Å². The van der Waals surface area contributed by atoms with Crippen LogP contribution in [0.3, 0.4) is 0 Å². The summed E-state index contributed by atoms with van der Waals surface area (Å²) >= 11 is 0. The second kappa shape index (κ2) is 6.62. The van der Waals surface area contributed by atoms with Crippen molar-refractivity contribution in [2.45, 2.75) is 31.0 Å². The van der Waals surface area contributed by atoms with Gasteiger partial charge in [-0.2, -0.15) is 0 Å². The van der Waals surface area contributed by atoms with Crippen molar-refractivity contribution in [2.75, 3.05) is 28.1 Å². The van der Waals surface area contributed by atoms with Gasteiger partial charge in [0.1, 0.15) is 5.75 Å². The Hall–Kier alpha value is -2.80. The van der Waals surface area contributed by atoms with Crippen LogP contribution in [0.5, 0.6) is 34.5 Å². The van der Waals surface area contributed by atoms with Crippen molar-refractivity contribution in [2.24, 2.45) is 5.92 Å². The lowest BCUT2D eigenvalue weighted by atomic mass is 9.75. The monoisotopic (exact) mass is 400 g/mol. The van der Waals surface area contributed by atoms with E-state index in [4.69, 9.17) is 28.4 Å². The Labute approximate surface area is 169 Å². The van der Waals surface area contributed by atoms with E-state index in [1.165, 1.54) is 0 Å². The molecule has 2 aliphatic heterocycles. The summed E-state index contributed by atoms with van der Waals surface area (Å²) in [6.45, 7) is 0.181. The molecule has 2 heterocycles. The Bertz CT molecular complexity index is 931. The van der Waals surface area contributed by atoms with E-state index in [-0.39, 0.29) is 18.6 Å². The molecule has 3 atom stereocenters. The largest absolute Gasteiger partial charge is 0.493 e. The van der Waals surface area contributed by atoms with E-state index in [0.717, 1.165) is 24.0 Å². The summed E-state index contributed by atoms with van der Waals surface area (Å²) in [4.78, 5) is 0. The molecule has 0 radical (unpaired) electrons. The maximum atomic E-state index is 11.3. The minimum absolute atomic E-state index is 0.0989. The molecule has 0 spiro atoms. The van der Waals surface area contributed by atoms with Gasteiger partial charge in [-0.15, -0.1) is 0 Å². The van der Waals surface area contributed by atoms with Crippen LogP contribution >= 0.6 is 0 Å². The lowest BCUT2D eigenvalue weighted by Gasteiger charge is -2.42. The Morgan fingerprint density at radius 1 is 0.931 bits per heavy atom. The molecule has 0 amide bonds. The van der Waals surface area contributed by atoms with Gasteiger partial charge in [-0.1, -0.05) is 0 Å². The maximum Gasteiger partial charge on any atom is 0.231 e. The first-order chi connectivity index (χ1) is 14.1. The standard InChI is InChI=1S/C22H24O7/c1-24-18-7-12(8-19(25-2)21(18)26-3)20-13-9-16-17(28-11-27-16)10-15(13)29-22(23)6-4-5-14(20)22/h7-10,14,20,23H,4-6,11H2,1-3H3/t14-,20+,22+/m1/s1. The summed E-state index contributed by atoms with van der Waals surface area (Å²) in [5, 5.41) is 11.3. The first-order valence-electron chi connectivity index (χ1n) is 9.73. The number of hydrogen-bond donors (Lipinski definition) is 1. The summed E-state index contributed by atoms with van der Waals surface area (Å²) in [7, 11) is 4.78. The molecule has 5 rings (SSSR count). The number of rotatable bonds is 4. The van der Waals surface area contributed by atoms with Crippen molar-refractivity contribution in [3.8, 4) is 34.5 Å². The van der Waals surface area contributed by atoms with Gasteiger partial charge in [0.25, 0.3) is 0 Å². The van der Waals surface area contributed by atoms with Gasteiger partial charge in [0.15, 0.2) is 23.0 Å². The summed E-state index contributed by atoms with van der Waals surface area (Å²) in [6.07, 6.45) is 2.33. The number of fused-ring (bicyclic) bond motifs is 3. The highest BCUT2D eigenvalue weighted by Crippen LogP contribution is 2.57. The van der Waals surface area contributed by atoms with E-state index in [2.05, 4.69) is 0 Å². The molecule has 1 N–H and O–H groups in total. The highest BCUT2D eigenvalue weighted by Gasteiger charge is 2.53. The number of aliphatic hydroxyl groups is 1. The van der Waals surface area contributed by atoms with Gasteiger partial charge in [-0.3, -0.25) is 0 Å². The Kier molecular flexibility index (Phi) is 4.17. The molecule has 0 aromatic heterocycles. The van der Waals surface area contributed by atoms with Crippen molar-refractivity contribution < 1.29 is 33.5 Å². The van der Waals surface area contributed by atoms with Crippen molar-refractivity contribution in [3.05, 3.63) is 35.4 Å². The summed E-state index contributed by atoms with van der Waals surface area (Å²) in [5.41, 5.74) is 1.92. The number of ether oxygens (including phenoxy) is 6. The summed E-state index contributed by atoms with van der Waals surface area (Å²) in [5.74, 6) is 2.21. The maximum absolute atomic E-state index is 11.3. The lowest BCUT2D eigenvalue weighted by Crippen LogP contribution is -2.46. The van der Waals surface area contributed by atoms with E-state index in [0.29, 0.717) is 40.9 Å². The quantitative estimate of drug-likeness (QED) is 0.842. The van der Waals surface area contributed by atoms with E-state index in [1.54, 1.807) is 21.3 Å². The van der Waals surface area contributed by atoms with E-state index >= 15 is 0 Å². The predicted molar refractivity (Wildman–Crippen MR) is 103 cm³/mol. The predicted octanol–water partition coefficient (Wildman–Crippen LogP) is 3.45. The average Bonchev–Trinajstić information content (AvgIpc) is 3.34. The van der Waals surface area contributed by atoms with Crippen molar-refractivity contribution in [3.63, 3.8) is 0 Å².